The molecular weight excluding hydrogens is 202 g/mol. The lowest BCUT2D eigenvalue weighted by Crippen LogP contribution is -2.40. The highest BCUT2D eigenvalue weighted by molar-refractivity contribution is 5.73. The zero-order valence-electron chi connectivity index (χ0n) is 10.8. The molecule has 1 aliphatic rings. The van der Waals surface area contributed by atoms with Crippen LogP contribution in [0.5, 0.6) is 0 Å². The quantitative estimate of drug-likeness (QED) is 0.791. The minimum absolute atomic E-state index is 0.0981. The third kappa shape index (κ3) is 3.67. The van der Waals surface area contributed by atoms with E-state index >= 15 is 0 Å². The van der Waals surface area contributed by atoms with Crippen LogP contribution < -0.4 is 5.73 Å². The van der Waals surface area contributed by atoms with Gasteiger partial charge in [0, 0.05) is 27.7 Å². The van der Waals surface area contributed by atoms with Crippen LogP contribution in [-0.4, -0.2) is 50.1 Å². The molecular formula is C12H25N3O. The second kappa shape index (κ2) is 6.09. The molecule has 0 saturated heterocycles. The molecule has 0 aromatic carbocycles. The molecule has 16 heavy (non-hydrogen) atoms. The van der Waals surface area contributed by atoms with Crippen LogP contribution >= 0.6 is 0 Å². The smallest absolute Gasteiger partial charge is 0.319 e. The number of urea groups is 1. The molecule has 0 unspecified atom stereocenters. The highest BCUT2D eigenvalue weighted by Crippen LogP contribution is 2.28. The maximum absolute atomic E-state index is 11.7. The predicted molar refractivity (Wildman–Crippen MR) is 66.2 cm³/mol. The molecule has 0 aromatic rings. The van der Waals surface area contributed by atoms with E-state index in [0.29, 0.717) is 11.8 Å². The number of hydrogen-bond acceptors (Lipinski definition) is 2. The maximum atomic E-state index is 11.7. The van der Waals surface area contributed by atoms with E-state index in [1.165, 1.54) is 25.7 Å². The Morgan fingerprint density at radius 3 is 2.06 bits per heavy atom. The molecule has 2 amide bonds. The van der Waals surface area contributed by atoms with Gasteiger partial charge in [-0.05, 0) is 44.1 Å². The monoisotopic (exact) mass is 227 g/mol. The maximum Gasteiger partial charge on any atom is 0.319 e. The first-order valence-electron chi connectivity index (χ1n) is 6.17. The van der Waals surface area contributed by atoms with E-state index in [0.717, 1.165) is 13.1 Å². The number of nitrogens with two attached hydrogens (primary N) is 1. The van der Waals surface area contributed by atoms with Crippen molar-refractivity contribution in [3.8, 4) is 0 Å². The average Bonchev–Trinajstić information content (AvgIpc) is 2.28. The van der Waals surface area contributed by atoms with Crippen molar-refractivity contribution >= 4 is 6.03 Å². The Kier molecular flexibility index (Phi) is 5.06. The van der Waals surface area contributed by atoms with Gasteiger partial charge in [-0.3, -0.25) is 0 Å². The normalized spacial score (nSPS) is 25.2. The minimum Gasteiger partial charge on any atom is -0.331 e. The summed E-state index contributed by atoms with van der Waals surface area (Å²) in [5.74, 6) is 1.38. The summed E-state index contributed by atoms with van der Waals surface area (Å²) in [5.41, 5.74) is 5.67. The molecule has 0 spiro atoms. The molecule has 1 rings (SSSR count). The third-order valence-corrected chi connectivity index (χ3v) is 3.54. The fraction of sp³-hybridized carbons (Fsp3) is 0.917. The van der Waals surface area contributed by atoms with E-state index in [2.05, 4.69) is 0 Å². The SMILES string of the molecule is CN(C)C(=O)N(C)CC1CCC(CN)CC1. The van der Waals surface area contributed by atoms with Gasteiger partial charge in [0.25, 0.3) is 0 Å². The largest absolute Gasteiger partial charge is 0.331 e. The predicted octanol–water partition coefficient (Wildman–Crippen LogP) is 1.36. The van der Waals surface area contributed by atoms with Crippen molar-refractivity contribution in [3.63, 3.8) is 0 Å². The van der Waals surface area contributed by atoms with Gasteiger partial charge in [0.2, 0.25) is 0 Å². The van der Waals surface area contributed by atoms with Gasteiger partial charge in [0.1, 0.15) is 0 Å². The summed E-state index contributed by atoms with van der Waals surface area (Å²) in [6.07, 6.45) is 4.89. The van der Waals surface area contributed by atoms with Crippen molar-refractivity contribution in [2.24, 2.45) is 17.6 Å². The van der Waals surface area contributed by atoms with E-state index in [1.807, 2.05) is 11.9 Å². The van der Waals surface area contributed by atoms with Gasteiger partial charge in [0.05, 0.1) is 0 Å². The first-order chi connectivity index (χ1) is 7.54. The fourth-order valence-corrected chi connectivity index (χ4v) is 2.46. The molecule has 0 aliphatic heterocycles. The summed E-state index contributed by atoms with van der Waals surface area (Å²) in [4.78, 5) is 15.1. The summed E-state index contributed by atoms with van der Waals surface area (Å²) in [5, 5.41) is 0. The minimum atomic E-state index is 0.0981. The second-order valence-electron chi connectivity index (χ2n) is 5.18. The van der Waals surface area contributed by atoms with Crippen LogP contribution in [0.3, 0.4) is 0 Å². The number of carbonyl (C=O) groups excluding carboxylic acids is 1. The molecule has 1 saturated carbocycles. The second-order valence-corrected chi connectivity index (χ2v) is 5.18. The number of amides is 2. The molecule has 2 N–H and O–H groups in total. The topological polar surface area (TPSA) is 49.6 Å². The number of nitrogens with zero attached hydrogens (tertiary/aromatic N) is 2. The standard InChI is InChI=1S/C12H25N3O/c1-14(2)12(16)15(3)9-11-6-4-10(8-13)5-7-11/h10-11H,4-9,13H2,1-3H3. The molecule has 1 aliphatic carbocycles. The Labute approximate surface area is 98.8 Å². The van der Waals surface area contributed by atoms with Crippen LogP contribution in [0.25, 0.3) is 0 Å². The summed E-state index contributed by atoms with van der Waals surface area (Å²) in [7, 11) is 5.48. The Balaban J connectivity index is 2.30. The first kappa shape index (κ1) is 13.3. The summed E-state index contributed by atoms with van der Waals surface area (Å²) < 4.78 is 0. The van der Waals surface area contributed by atoms with Gasteiger partial charge in [-0.25, -0.2) is 4.79 Å². The van der Waals surface area contributed by atoms with Gasteiger partial charge >= 0.3 is 6.03 Å². The highest BCUT2D eigenvalue weighted by Gasteiger charge is 2.23. The molecule has 4 nitrogen and oxygen atoms in total. The van der Waals surface area contributed by atoms with Crippen molar-refractivity contribution < 1.29 is 4.79 Å². The molecule has 94 valence electrons. The van der Waals surface area contributed by atoms with E-state index in [9.17, 15) is 4.79 Å². The zero-order valence-corrected chi connectivity index (χ0v) is 10.8. The van der Waals surface area contributed by atoms with Gasteiger partial charge in [-0.1, -0.05) is 0 Å². The van der Waals surface area contributed by atoms with E-state index in [1.54, 1.807) is 19.0 Å². The summed E-state index contributed by atoms with van der Waals surface area (Å²) in [6, 6.07) is 0.0981. The van der Waals surface area contributed by atoms with E-state index < -0.39 is 0 Å². The van der Waals surface area contributed by atoms with E-state index in [-0.39, 0.29) is 6.03 Å². The van der Waals surface area contributed by atoms with Gasteiger partial charge in [-0.2, -0.15) is 0 Å². The van der Waals surface area contributed by atoms with Crippen LogP contribution in [0.1, 0.15) is 25.7 Å². The Morgan fingerprint density at radius 1 is 1.12 bits per heavy atom. The lowest BCUT2D eigenvalue weighted by atomic mass is 9.82. The van der Waals surface area contributed by atoms with Crippen LogP contribution in [0.15, 0.2) is 0 Å². The molecule has 0 atom stereocenters. The van der Waals surface area contributed by atoms with Crippen LogP contribution in [0, 0.1) is 11.8 Å². The van der Waals surface area contributed by atoms with Gasteiger partial charge < -0.3 is 15.5 Å². The summed E-state index contributed by atoms with van der Waals surface area (Å²) >= 11 is 0. The highest BCUT2D eigenvalue weighted by atomic mass is 16.2. The van der Waals surface area contributed by atoms with Gasteiger partial charge in [0.15, 0.2) is 0 Å². The van der Waals surface area contributed by atoms with Crippen molar-refractivity contribution in [1.82, 2.24) is 9.80 Å². The lowest BCUT2D eigenvalue weighted by molar-refractivity contribution is 0.162. The molecule has 4 heteroatoms. The lowest BCUT2D eigenvalue weighted by Gasteiger charge is -2.31. The number of hydrogen-bond donors (Lipinski definition) is 1. The van der Waals surface area contributed by atoms with Crippen molar-refractivity contribution in [1.29, 1.82) is 0 Å². The fourth-order valence-electron chi connectivity index (χ4n) is 2.46. The molecule has 0 aromatic heterocycles. The number of rotatable bonds is 3. The van der Waals surface area contributed by atoms with Crippen molar-refractivity contribution in [3.05, 3.63) is 0 Å². The van der Waals surface area contributed by atoms with Gasteiger partial charge in [-0.15, -0.1) is 0 Å². The average molecular weight is 227 g/mol. The molecule has 0 radical (unpaired) electrons. The van der Waals surface area contributed by atoms with E-state index in [4.69, 9.17) is 5.73 Å². The van der Waals surface area contributed by atoms with Crippen LogP contribution in [0.4, 0.5) is 4.79 Å². The van der Waals surface area contributed by atoms with Crippen molar-refractivity contribution in [2.45, 2.75) is 25.7 Å². The molecule has 1 fully saturated rings. The van der Waals surface area contributed by atoms with Crippen molar-refractivity contribution in [2.75, 3.05) is 34.2 Å². The Bertz CT molecular complexity index is 222. The zero-order chi connectivity index (χ0) is 12.1. The first-order valence-corrected chi connectivity index (χ1v) is 6.17. The number of carbonyl (C=O) groups is 1. The molecule has 0 heterocycles. The Hall–Kier alpha value is -0.770. The van der Waals surface area contributed by atoms with Crippen LogP contribution in [0.2, 0.25) is 0 Å². The van der Waals surface area contributed by atoms with Crippen LogP contribution in [-0.2, 0) is 0 Å². The molecule has 0 bridgehead atoms. The summed E-state index contributed by atoms with van der Waals surface area (Å²) in [6.45, 7) is 1.70. The Morgan fingerprint density at radius 2 is 1.62 bits per heavy atom. The third-order valence-electron chi connectivity index (χ3n) is 3.54.